The molecule has 136 valence electrons. The molecule has 27 heavy (non-hydrogen) atoms. The van der Waals surface area contributed by atoms with Crippen LogP contribution in [0.3, 0.4) is 0 Å². The number of carbonyl (C=O) groups is 1. The van der Waals surface area contributed by atoms with E-state index in [4.69, 9.17) is 20.5 Å². The molecule has 1 N–H and O–H groups in total. The highest BCUT2D eigenvalue weighted by atomic mass is 35.5. The van der Waals surface area contributed by atoms with Gasteiger partial charge in [-0.15, -0.1) is 0 Å². The number of carbonyl (C=O) groups excluding carboxylic acids is 1. The maximum Gasteiger partial charge on any atom is 0.259 e. The minimum Gasteiger partial charge on any atom is -0.466 e. The quantitative estimate of drug-likeness (QED) is 0.519. The number of aryl methyl sites for hydroxylation is 3. The molecule has 7 heteroatoms. The Morgan fingerprint density at radius 1 is 1.11 bits per heavy atom. The molecule has 0 radical (unpaired) electrons. The second-order valence-corrected chi connectivity index (χ2v) is 6.73. The lowest BCUT2D eigenvalue weighted by Crippen LogP contribution is -2.13. The summed E-state index contributed by atoms with van der Waals surface area (Å²) in [4.78, 5) is 17.5. The minimum atomic E-state index is -0.282. The summed E-state index contributed by atoms with van der Waals surface area (Å²) in [5.74, 6) is 1.21. The minimum absolute atomic E-state index is 0.282. The zero-order chi connectivity index (χ0) is 19.1. The lowest BCUT2D eigenvalue weighted by molar-refractivity contribution is 0.102. The van der Waals surface area contributed by atoms with E-state index in [9.17, 15) is 4.79 Å². The number of nitrogens with one attached hydrogen (secondary N) is 1. The molecule has 0 aliphatic carbocycles. The second kappa shape index (κ2) is 6.55. The normalized spacial score (nSPS) is 11.1. The summed E-state index contributed by atoms with van der Waals surface area (Å²) in [7, 11) is 0. The number of amides is 1. The van der Waals surface area contributed by atoms with E-state index in [1.54, 1.807) is 37.3 Å². The van der Waals surface area contributed by atoms with Gasteiger partial charge in [-0.2, -0.15) is 0 Å². The predicted octanol–water partition coefficient (Wildman–Crippen LogP) is 5.31. The number of rotatable bonds is 3. The van der Waals surface area contributed by atoms with Crippen molar-refractivity contribution in [3.8, 4) is 11.3 Å². The molecule has 0 saturated carbocycles. The number of aromatic nitrogens is 2. The van der Waals surface area contributed by atoms with Crippen molar-refractivity contribution in [2.75, 3.05) is 5.32 Å². The van der Waals surface area contributed by atoms with Crippen molar-refractivity contribution in [2.24, 2.45) is 0 Å². The number of benzene rings is 1. The summed E-state index contributed by atoms with van der Waals surface area (Å²) in [6.07, 6.45) is 0. The summed E-state index contributed by atoms with van der Waals surface area (Å²) >= 11 is 5.90. The highest BCUT2D eigenvalue weighted by molar-refractivity contribution is 6.30. The van der Waals surface area contributed by atoms with Crippen LogP contribution in [0.15, 0.2) is 45.3 Å². The van der Waals surface area contributed by atoms with Crippen molar-refractivity contribution in [3.05, 3.63) is 64.2 Å². The molecule has 0 unspecified atom stereocenters. The number of pyridine rings is 1. The van der Waals surface area contributed by atoms with Crippen molar-refractivity contribution >= 4 is 34.3 Å². The molecule has 0 spiro atoms. The van der Waals surface area contributed by atoms with Crippen LogP contribution in [0.25, 0.3) is 22.4 Å². The standard InChI is InChI=1S/C20H16ClN3O3/c1-10-8-15(12(3)26-10)17-9-16(18-11(2)24-27-20(18)23-17)19(25)22-14-6-4-13(21)5-7-14/h4-9H,1-3H3,(H,22,25). The number of furan rings is 1. The van der Waals surface area contributed by atoms with Gasteiger partial charge < -0.3 is 14.3 Å². The number of fused-ring (bicyclic) bond motifs is 1. The number of nitrogens with zero attached hydrogens (tertiary/aromatic N) is 2. The van der Waals surface area contributed by atoms with Crippen LogP contribution in [0.5, 0.6) is 0 Å². The summed E-state index contributed by atoms with van der Waals surface area (Å²) in [6, 6.07) is 10.5. The molecule has 3 aromatic heterocycles. The number of hydrogen-bond donors (Lipinski definition) is 1. The molecule has 4 aromatic rings. The van der Waals surface area contributed by atoms with Gasteiger partial charge in [0.1, 0.15) is 11.5 Å². The molecule has 0 aliphatic rings. The van der Waals surface area contributed by atoms with Crippen molar-refractivity contribution in [3.63, 3.8) is 0 Å². The van der Waals surface area contributed by atoms with Crippen molar-refractivity contribution < 1.29 is 13.7 Å². The number of anilines is 1. The average Bonchev–Trinajstić information content (AvgIpc) is 3.18. The largest absolute Gasteiger partial charge is 0.466 e. The summed E-state index contributed by atoms with van der Waals surface area (Å²) < 4.78 is 10.9. The van der Waals surface area contributed by atoms with Crippen LogP contribution in [0, 0.1) is 20.8 Å². The lowest BCUT2D eigenvalue weighted by atomic mass is 10.1. The van der Waals surface area contributed by atoms with E-state index in [2.05, 4.69) is 15.5 Å². The maximum absolute atomic E-state index is 13.0. The molecule has 1 aromatic carbocycles. The van der Waals surface area contributed by atoms with Gasteiger partial charge in [-0.3, -0.25) is 4.79 Å². The molecule has 1 amide bonds. The third-order valence-electron chi connectivity index (χ3n) is 4.28. The van der Waals surface area contributed by atoms with E-state index in [-0.39, 0.29) is 5.91 Å². The Kier molecular flexibility index (Phi) is 4.20. The monoisotopic (exact) mass is 381 g/mol. The topological polar surface area (TPSA) is 81.2 Å². The Balaban J connectivity index is 1.82. The summed E-state index contributed by atoms with van der Waals surface area (Å²) in [5, 5.41) is 8.02. The molecule has 0 atom stereocenters. The second-order valence-electron chi connectivity index (χ2n) is 6.29. The lowest BCUT2D eigenvalue weighted by Gasteiger charge is -2.08. The summed E-state index contributed by atoms with van der Waals surface area (Å²) in [6.45, 7) is 5.49. The van der Waals surface area contributed by atoms with E-state index in [0.717, 1.165) is 17.1 Å². The van der Waals surface area contributed by atoms with E-state index in [1.165, 1.54) is 0 Å². The first-order valence-corrected chi connectivity index (χ1v) is 8.71. The zero-order valence-corrected chi connectivity index (χ0v) is 15.7. The molecule has 0 bridgehead atoms. The third-order valence-corrected chi connectivity index (χ3v) is 4.53. The predicted molar refractivity (Wildman–Crippen MR) is 103 cm³/mol. The Hall–Kier alpha value is -3.12. The third kappa shape index (κ3) is 3.19. The van der Waals surface area contributed by atoms with E-state index >= 15 is 0 Å². The fourth-order valence-corrected chi connectivity index (χ4v) is 3.15. The SMILES string of the molecule is Cc1cc(-c2cc(C(=O)Nc3ccc(Cl)cc3)c3c(C)noc3n2)c(C)o1. The van der Waals surface area contributed by atoms with Gasteiger partial charge in [0, 0.05) is 16.3 Å². The molecular formula is C20H16ClN3O3. The van der Waals surface area contributed by atoms with Crippen LogP contribution in [-0.4, -0.2) is 16.0 Å². The smallest absolute Gasteiger partial charge is 0.259 e. The van der Waals surface area contributed by atoms with Gasteiger partial charge in [0.15, 0.2) is 0 Å². The Labute approximate surface area is 160 Å². The molecule has 0 fully saturated rings. The Morgan fingerprint density at radius 3 is 2.52 bits per heavy atom. The van der Waals surface area contributed by atoms with Gasteiger partial charge in [-0.1, -0.05) is 16.8 Å². The van der Waals surface area contributed by atoms with Crippen LogP contribution in [-0.2, 0) is 0 Å². The maximum atomic E-state index is 13.0. The molecule has 6 nitrogen and oxygen atoms in total. The fraction of sp³-hybridized carbons (Fsp3) is 0.150. The van der Waals surface area contributed by atoms with Gasteiger partial charge in [0.05, 0.1) is 22.3 Å². The van der Waals surface area contributed by atoms with Crippen molar-refractivity contribution in [1.82, 2.24) is 10.1 Å². The number of halogens is 1. The Bertz CT molecular complexity index is 1160. The average molecular weight is 382 g/mol. The van der Waals surface area contributed by atoms with Crippen molar-refractivity contribution in [1.29, 1.82) is 0 Å². The number of hydrogen-bond acceptors (Lipinski definition) is 5. The zero-order valence-electron chi connectivity index (χ0n) is 15.0. The van der Waals surface area contributed by atoms with Crippen LogP contribution < -0.4 is 5.32 Å². The molecule has 0 saturated heterocycles. The van der Waals surface area contributed by atoms with Crippen molar-refractivity contribution in [2.45, 2.75) is 20.8 Å². The highest BCUT2D eigenvalue weighted by Crippen LogP contribution is 2.30. The van der Waals surface area contributed by atoms with Gasteiger partial charge in [0.25, 0.3) is 11.6 Å². The highest BCUT2D eigenvalue weighted by Gasteiger charge is 2.21. The van der Waals surface area contributed by atoms with Crippen LogP contribution in [0.4, 0.5) is 5.69 Å². The van der Waals surface area contributed by atoms with E-state index < -0.39 is 0 Å². The fourth-order valence-electron chi connectivity index (χ4n) is 3.03. The summed E-state index contributed by atoms with van der Waals surface area (Å²) in [5.41, 5.74) is 3.38. The first-order valence-electron chi connectivity index (χ1n) is 8.33. The van der Waals surface area contributed by atoms with E-state index in [1.807, 2.05) is 19.9 Å². The van der Waals surface area contributed by atoms with Gasteiger partial charge in [0.2, 0.25) is 0 Å². The molecule has 0 aliphatic heterocycles. The first kappa shape index (κ1) is 17.3. The Morgan fingerprint density at radius 2 is 1.85 bits per heavy atom. The van der Waals surface area contributed by atoms with Gasteiger partial charge in [-0.25, -0.2) is 4.98 Å². The van der Waals surface area contributed by atoms with E-state index in [0.29, 0.717) is 38.8 Å². The first-order chi connectivity index (χ1) is 12.9. The van der Waals surface area contributed by atoms with Crippen LogP contribution >= 0.6 is 11.6 Å². The van der Waals surface area contributed by atoms with Crippen LogP contribution in [0.2, 0.25) is 5.02 Å². The van der Waals surface area contributed by atoms with Gasteiger partial charge in [-0.05, 0) is 57.2 Å². The molecule has 3 heterocycles. The van der Waals surface area contributed by atoms with Crippen LogP contribution in [0.1, 0.15) is 27.6 Å². The molecular weight excluding hydrogens is 366 g/mol. The van der Waals surface area contributed by atoms with Gasteiger partial charge >= 0.3 is 0 Å². The molecule has 4 rings (SSSR count).